The minimum absolute atomic E-state index is 0.173. The van der Waals surface area contributed by atoms with Crippen LogP contribution in [0, 0.1) is 12.3 Å². The van der Waals surface area contributed by atoms with E-state index in [2.05, 4.69) is 11.2 Å². The average molecular weight is 168 g/mol. The summed E-state index contributed by atoms with van der Waals surface area (Å²) in [5.74, 6) is 2.31. The molecule has 0 bridgehead atoms. The molecular weight excluding hydrogens is 152 g/mol. The Morgan fingerprint density at radius 2 is 2.33 bits per heavy atom. The fourth-order valence-electron chi connectivity index (χ4n) is 0.789. The van der Waals surface area contributed by atoms with E-state index in [1.807, 2.05) is 6.92 Å². The van der Waals surface area contributed by atoms with E-state index in [4.69, 9.17) is 12.2 Å². The number of amides is 1. The molecule has 0 aliphatic rings. The standard InChI is InChI=1S/C9H16N2O/c1-4-6-8(5-2)11-9(12)7(3)10/h2,7-8H,4,6,10H2,1,3H3,(H,11,12)/t7-,8?/m0/s1. The summed E-state index contributed by atoms with van der Waals surface area (Å²) in [5.41, 5.74) is 5.35. The van der Waals surface area contributed by atoms with Crippen LogP contribution < -0.4 is 11.1 Å². The predicted molar refractivity (Wildman–Crippen MR) is 49.3 cm³/mol. The van der Waals surface area contributed by atoms with E-state index in [1.165, 1.54) is 0 Å². The summed E-state index contributed by atoms with van der Waals surface area (Å²) in [6, 6.07) is -0.661. The Bertz CT molecular complexity index is 181. The first-order valence-corrected chi connectivity index (χ1v) is 4.13. The third-order valence-corrected chi connectivity index (χ3v) is 1.51. The normalized spacial score (nSPS) is 14.5. The maximum Gasteiger partial charge on any atom is 0.237 e. The number of nitrogens with two attached hydrogens (primary N) is 1. The van der Waals surface area contributed by atoms with E-state index in [9.17, 15) is 4.79 Å². The zero-order valence-corrected chi connectivity index (χ0v) is 7.63. The summed E-state index contributed by atoms with van der Waals surface area (Å²) in [6.45, 7) is 3.65. The summed E-state index contributed by atoms with van der Waals surface area (Å²) in [7, 11) is 0. The van der Waals surface area contributed by atoms with Crippen LogP contribution in [0.25, 0.3) is 0 Å². The molecule has 0 aromatic carbocycles. The van der Waals surface area contributed by atoms with Gasteiger partial charge in [0.25, 0.3) is 0 Å². The molecule has 0 aromatic rings. The Morgan fingerprint density at radius 3 is 2.67 bits per heavy atom. The first kappa shape index (κ1) is 11.0. The Labute approximate surface area is 73.7 Å². The number of rotatable bonds is 4. The molecule has 0 aliphatic heterocycles. The first-order chi connectivity index (χ1) is 5.61. The third-order valence-electron chi connectivity index (χ3n) is 1.51. The van der Waals surface area contributed by atoms with Gasteiger partial charge in [0.2, 0.25) is 5.91 Å². The molecule has 1 unspecified atom stereocenters. The fourth-order valence-corrected chi connectivity index (χ4v) is 0.789. The smallest absolute Gasteiger partial charge is 0.237 e. The SMILES string of the molecule is C#CC(CCC)NC(=O)[C@H](C)N. The molecule has 0 aromatic heterocycles. The van der Waals surface area contributed by atoms with E-state index in [1.54, 1.807) is 6.92 Å². The van der Waals surface area contributed by atoms with Crippen molar-refractivity contribution in [2.24, 2.45) is 5.73 Å². The Hall–Kier alpha value is -1.01. The van der Waals surface area contributed by atoms with Gasteiger partial charge in [-0.15, -0.1) is 6.42 Å². The lowest BCUT2D eigenvalue weighted by Crippen LogP contribution is -2.43. The van der Waals surface area contributed by atoms with Crippen molar-refractivity contribution in [2.45, 2.75) is 38.8 Å². The lowest BCUT2D eigenvalue weighted by Gasteiger charge is -2.13. The Morgan fingerprint density at radius 1 is 1.75 bits per heavy atom. The second-order valence-electron chi connectivity index (χ2n) is 2.81. The molecule has 0 heterocycles. The van der Waals surface area contributed by atoms with Crippen molar-refractivity contribution in [3.63, 3.8) is 0 Å². The zero-order valence-electron chi connectivity index (χ0n) is 7.63. The lowest BCUT2D eigenvalue weighted by atomic mass is 10.1. The van der Waals surface area contributed by atoms with Crippen LogP contribution in [0.4, 0.5) is 0 Å². The molecule has 12 heavy (non-hydrogen) atoms. The second kappa shape index (κ2) is 5.62. The first-order valence-electron chi connectivity index (χ1n) is 4.13. The van der Waals surface area contributed by atoms with E-state index in [-0.39, 0.29) is 11.9 Å². The fraction of sp³-hybridized carbons (Fsp3) is 0.667. The van der Waals surface area contributed by atoms with Crippen LogP contribution in [0.2, 0.25) is 0 Å². The molecule has 2 atom stereocenters. The molecule has 68 valence electrons. The van der Waals surface area contributed by atoms with Crippen molar-refractivity contribution < 1.29 is 4.79 Å². The van der Waals surface area contributed by atoms with E-state index >= 15 is 0 Å². The number of nitrogens with one attached hydrogen (secondary N) is 1. The van der Waals surface area contributed by atoms with Gasteiger partial charge in [0, 0.05) is 0 Å². The molecule has 0 radical (unpaired) electrons. The molecule has 3 nitrogen and oxygen atoms in total. The van der Waals surface area contributed by atoms with E-state index < -0.39 is 6.04 Å². The predicted octanol–water partition coefficient (Wildman–Crippen LogP) is 0.252. The lowest BCUT2D eigenvalue weighted by molar-refractivity contribution is -0.122. The van der Waals surface area contributed by atoms with Gasteiger partial charge in [-0.3, -0.25) is 4.79 Å². The van der Waals surface area contributed by atoms with Crippen molar-refractivity contribution in [1.29, 1.82) is 0 Å². The summed E-state index contributed by atoms with van der Waals surface area (Å²) < 4.78 is 0. The highest BCUT2D eigenvalue weighted by Crippen LogP contribution is 1.94. The van der Waals surface area contributed by atoms with Crippen LogP contribution in [0.15, 0.2) is 0 Å². The minimum atomic E-state index is -0.488. The topological polar surface area (TPSA) is 55.1 Å². The van der Waals surface area contributed by atoms with Gasteiger partial charge in [0.1, 0.15) is 0 Å². The molecule has 3 N–H and O–H groups in total. The van der Waals surface area contributed by atoms with Crippen LogP contribution in [0.3, 0.4) is 0 Å². The zero-order chi connectivity index (χ0) is 9.56. The van der Waals surface area contributed by atoms with Crippen molar-refractivity contribution in [1.82, 2.24) is 5.32 Å². The number of hydrogen-bond acceptors (Lipinski definition) is 2. The summed E-state index contributed by atoms with van der Waals surface area (Å²) in [5, 5.41) is 2.67. The van der Waals surface area contributed by atoms with Crippen molar-refractivity contribution in [3.8, 4) is 12.3 Å². The van der Waals surface area contributed by atoms with Gasteiger partial charge < -0.3 is 11.1 Å². The van der Waals surface area contributed by atoms with Crippen molar-refractivity contribution in [3.05, 3.63) is 0 Å². The second-order valence-corrected chi connectivity index (χ2v) is 2.81. The number of hydrogen-bond donors (Lipinski definition) is 2. The van der Waals surface area contributed by atoms with Gasteiger partial charge in [-0.25, -0.2) is 0 Å². The molecule has 0 saturated carbocycles. The molecule has 0 spiro atoms. The van der Waals surface area contributed by atoms with Crippen LogP contribution in [-0.2, 0) is 4.79 Å². The summed E-state index contributed by atoms with van der Waals surface area (Å²) in [6.07, 6.45) is 6.95. The average Bonchev–Trinajstić information content (AvgIpc) is 2.03. The monoisotopic (exact) mass is 168 g/mol. The molecular formula is C9H16N2O. The van der Waals surface area contributed by atoms with Gasteiger partial charge in [-0.1, -0.05) is 19.3 Å². The molecule has 0 rings (SSSR count). The van der Waals surface area contributed by atoms with Gasteiger partial charge >= 0.3 is 0 Å². The van der Waals surface area contributed by atoms with Crippen LogP contribution in [0.1, 0.15) is 26.7 Å². The number of carbonyl (C=O) groups excluding carboxylic acids is 1. The minimum Gasteiger partial charge on any atom is -0.341 e. The quantitative estimate of drug-likeness (QED) is 0.591. The maximum atomic E-state index is 11.1. The highest BCUT2D eigenvalue weighted by atomic mass is 16.2. The van der Waals surface area contributed by atoms with E-state index in [0.29, 0.717) is 0 Å². The van der Waals surface area contributed by atoms with Gasteiger partial charge in [-0.05, 0) is 13.3 Å². The number of carbonyl (C=O) groups is 1. The highest BCUT2D eigenvalue weighted by Gasteiger charge is 2.11. The van der Waals surface area contributed by atoms with Gasteiger partial charge in [0.05, 0.1) is 12.1 Å². The van der Waals surface area contributed by atoms with Crippen molar-refractivity contribution >= 4 is 5.91 Å². The maximum absolute atomic E-state index is 11.1. The van der Waals surface area contributed by atoms with Crippen molar-refractivity contribution in [2.75, 3.05) is 0 Å². The summed E-state index contributed by atoms with van der Waals surface area (Å²) in [4.78, 5) is 11.1. The molecule has 0 aliphatic carbocycles. The summed E-state index contributed by atoms with van der Waals surface area (Å²) >= 11 is 0. The third kappa shape index (κ3) is 3.99. The Kier molecular flexibility index (Phi) is 5.14. The largest absolute Gasteiger partial charge is 0.341 e. The molecule has 3 heteroatoms. The van der Waals surface area contributed by atoms with E-state index in [0.717, 1.165) is 12.8 Å². The highest BCUT2D eigenvalue weighted by molar-refractivity contribution is 5.81. The van der Waals surface area contributed by atoms with Crippen LogP contribution in [-0.4, -0.2) is 18.0 Å². The van der Waals surface area contributed by atoms with Gasteiger partial charge in [-0.2, -0.15) is 0 Å². The Balaban J connectivity index is 3.88. The van der Waals surface area contributed by atoms with Gasteiger partial charge in [0.15, 0.2) is 0 Å². The number of terminal acetylenes is 1. The van der Waals surface area contributed by atoms with Crippen LogP contribution >= 0.6 is 0 Å². The molecule has 0 fully saturated rings. The molecule has 1 amide bonds. The van der Waals surface area contributed by atoms with Crippen LogP contribution in [0.5, 0.6) is 0 Å². The molecule has 0 saturated heterocycles.